The van der Waals surface area contributed by atoms with Gasteiger partial charge in [0.25, 0.3) is 0 Å². The zero-order valence-corrected chi connectivity index (χ0v) is 12.3. The van der Waals surface area contributed by atoms with Crippen molar-refractivity contribution in [2.45, 2.75) is 45.3 Å². The van der Waals surface area contributed by atoms with Crippen LogP contribution in [0.2, 0.25) is 0 Å². The minimum Gasteiger partial charge on any atom is -0.480 e. The Hall–Kier alpha value is -2.16. The Morgan fingerprint density at radius 3 is 1.90 bits per heavy atom. The molecule has 0 unspecified atom stereocenters. The minimum absolute atomic E-state index is 0.371. The van der Waals surface area contributed by atoms with E-state index in [-0.39, 0.29) is 5.92 Å². The molecule has 0 rings (SSSR count). The Balaban J connectivity index is 4.98. The summed E-state index contributed by atoms with van der Waals surface area (Å²) < 4.78 is 0. The van der Waals surface area contributed by atoms with Crippen LogP contribution in [0.1, 0.15) is 27.2 Å². The maximum Gasteiger partial charge on any atom is 0.326 e. The third-order valence-corrected chi connectivity index (χ3v) is 2.68. The van der Waals surface area contributed by atoms with Crippen molar-refractivity contribution in [3.63, 3.8) is 0 Å². The van der Waals surface area contributed by atoms with Gasteiger partial charge in [0.2, 0.25) is 17.7 Å². The van der Waals surface area contributed by atoms with Gasteiger partial charge in [-0.1, -0.05) is 13.8 Å². The summed E-state index contributed by atoms with van der Waals surface area (Å²) in [6.07, 6.45) is -0.450. The third kappa shape index (κ3) is 6.70. The summed E-state index contributed by atoms with van der Waals surface area (Å²) >= 11 is 0. The number of aliphatic carboxylic acids is 1. The van der Waals surface area contributed by atoms with Crippen molar-refractivity contribution in [1.82, 2.24) is 10.6 Å². The van der Waals surface area contributed by atoms with Crippen LogP contribution in [0.3, 0.4) is 0 Å². The van der Waals surface area contributed by atoms with E-state index in [0.717, 1.165) is 0 Å². The predicted molar refractivity (Wildman–Crippen MR) is 73.8 cm³/mol. The molecule has 0 radical (unpaired) electrons. The van der Waals surface area contributed by atoms with E-state index in [1.54, 1.807) is 13.8 Å². The van der Waals surface area contributed by atoms with Gasteiger partial charge < -0.3 is 27.2 Å². The molecule has 0 aromatic rings. The number of primary amides is 1. The quantitative estimate of drug-likeness (QED) is 0.345. The Labute approximate surface area is 122 Å². The molecule has 9 nitrogen and oxygen atoms in total. The first-order valence-corrected chi connectivity index (χ1v) is 6.43. The highest BCUT2D eigenvalue weighted by molar-refractivity contribution is 5.94. The van der Waals surface area contributed by atoms with E-state index in [9.17, 15) is 19.2 Å². The maximum atomic E-state index is 12.0. The first-order valence-electron chi connectivity index (χ1n) is 6.43. The van der Waals surface area contributed by atoms with Gasteiger partial charge in [0.15, 0.2) is 0 Å². The van der Waals surface area contributed by atoms with Gasteiger partial charge in [0.1, 0.15) is 12.1 Å². The van der Waals surface area contributed by atoms with E-state index >= 15 is 0 Å². The molecule has 120 valence electrons. The molecule has 0 saturated heterocycles. The van der Waals surface area contributed by atoms with Crippen LogP contribution in [0.15, 0.2) is 0 Å². The van der Waals surface area contributed by atoms with E-state index in [4.69, 9.17) is 16.6 Å². The van der Waals surface area contributed by atoms with Gasteiger partial charge in [0.05, 0.1) is 12.5 Å². The fourth-order valence-corrected chi connectivity index (χ4v) is 1.48. The van der Waals surface area contributed by atoms with Crippen molar-refractivity contribution in [2.24, 2.45) is 17.4 Å². The number of nitrogens with one attached hydrogen (secondary N) is 2. The molecule has 0 bridgehead atoms. The Morgan fingerprint density at radius 2 is 1.57 bits per heavy atom. The number of rotatable bonds is 8. The van der Waals surface area contributed by atoms with Crippen molar-refractivity contribution in [3.8, 4) is 0 Å². The van der Waals surface area contributed by atoms with Gasteiger partial charge in [-0.25, -0.2) is 4.79 Å². The van der Waals surface area contributed by atoms with Crippen LogP contribution < -0.4 is 22.1 Å². The normalized spacial score (nSPS) is 14.9. The number of carbonyl (C=O) groups excluding carboxylic acids is 3. The zero-order valence-electron chi connectivity index (χ0n) is 12.3. The van der Waals surface area contributed by atoms with Crippen LogP contribution in [-0.4, -0.2) is 46.9 Å². The summed E-state index contributed by atoms with van der Waals surface area (Å²) in [5, 5.41) is 13.5. The highest BCUT2D eigenvalue weighted by Gasteiger charge is 2.29. The predicted octanol–water partition coefficient (Wildman–Crippen LogP) is -2.08. The molecule has 0 fully saturated rings. The lowest BCUT2D eigenvalue weighted by atomic mass is 10.0. The van der Waals surface area contributed by atoms with E-state index < -0.39 is 48.2 Å². The van der Waals surface area contributed by atoms with Gasteiger partial charge in [0, 0.05) is 0 Å². The lowest BCUT2D eigenvalue weighted by Crippen LogP contribution is -2.56. The molecule has 9 heteroatoms. The molecule has 3 amide bonds. The fraction of sp³-hybridized carbons (Fsp3) is 0.667. The number of carboxylic acids is 1. The lowest BCUT2D eigenvalue weighted by Gasteiger charge is -2.23. The monoisotopic (exact) mass is 302 g/mol. The van der Waals surface area contributed by atoms with E-state index in [0.29, 0.717) is 0 Å². The zero-order chi connectivity index (χ0) is 16.7. The standard InChI is InChI=1S/C12H22N4O5/c1-5(2)9(12(20)21)16-11(19)7(4-8(14)17)15-10(18)6(3)13/h5-7,9H,4,13H2,1-3H3,(H2,14,17)(H,15,18)(H,16,19)(H,20,21)/t6-,7-,9-/m0/s1. The second kappa shape index (κ2) is 8.20. The van der Waals surface area contributed by atoms with Crippen LogP contribution >= 0.6 is 0 Å². The molecule has 7 N–H and O–H groups in total. The summed E-state index contributed by atoms with van der Waals surface area (Å²) in [5.41, 5.74) is 10.4. The van der Waals surface area contributed by atoms with Crippen molar-refractivity contribution < 1.29 is 24.3 Å². The number of hydrogen-bond acceptors (Lipinski definition) is 5. The molecule has 0 aliphatic heterocycles. The van der Waals surface area contributed by atoms with Crippen LogP contribution in [-0.2, 0) is 19.2 Å². The van der Waals surface area contributed by atoms with Gasteiger partial charge in [-0.2, -0.15) is 0 Å². The molecule has 0 aromatic heterocycles. The first-order chi connectivity index (χ1) is 9.56. The van der Waals surface area contributed by atoms with Crippen LogP contribution in [0.5, 0.6) is 0 Å². The fourth-order valence-electron chi connectivity index (χ4n) is 1.48. The van der Waals surface area contributed by atoms with Gasteiger partial charge in [-0.3, -0.25) is 14.4 Å². The maximum absolute atomic E-state index is 12.0. The molecule has 21 heavy (non-hydrogen) atoms. The van der Waals surface area contributed by atoms with E-state index in [2.05, 4.69) is 10.6 Å². The smallest absolute Gasteiger partial charge is 0.326 e. The first kappa shape index (κ1) is 18.8. The minimum atomic E-state index is -1.26. The van der Waals surface area contributed by atoms with E-state index in [1.165, 1.54) is 6.92 Å². The third-order valence-electron chi connectivity index (χ3n) is 2.68. The van der Waals surface area contributed by atoms with Gasteiger partial charge in [-0.15, -0.1) is 0 Å². The number of amides is 3. The van der Waals surface area contributed by atoms with Gasteiger partial charge >= 0.3 is 5.97 Å². The van der Waals surface area contributed by atoms with Crippen LogP contribution in [0.4, 0.5) is 0 Å². The van der Waals surface area contributed by atoms with Crippen LogP contribution in [0, 0.1) is 5.92 Å². The van der Waals surface area contributed by atoms with E-state index in [1.807, 2.05) is 0 Å². The Morgan fingerprint density at radius 1 is 1.05 bits per heavy atom. The van der Waals surface area contributed by atoms with Crippen molar-refractivity contribution >= 4 is 23.7 Å². The lowest BCUT2D eigenvalue weighted by molar-refractivity contribution is -0.143. The molecule has 0 heterocycles. The molecule has 3 atom stereocenters. The average Bonchev–Trinajstić information content (AvgIpc) is 2.32. The van der Waals surface area contributed by atoms with Gasteiger partial charge in [-0.05, 0) is 12.8 Å². The average molecular weight is 302 g/mol. The number of carboxylic acid groups (broad SMARTS) is 1. The highest BCUT2D eigenvalue weighted by atomic mass is 16.4. The molecular weight excluding hydrogens is 280 g/mol. The van der Waals surface area contributed by atoms with Crippen molar-refractivity contribution in [1.29, 1.82) is 0 Å². The molecule has 0 aliphatic rings. The second-order valence-corrected chi connectivity index (χ2v) is 5.09. The molecule has 0 saturated carbocycles. The number of hydrogen-bond donors (Lipinski definition) is 5. The van der Waals surface area contributed by atoms with Crippen LogP contribution in [0.25, 0.3) is 0 Å². The molecular formula is C12H22N4O5. The molecule has 0 aliphatic carbocycles. The summed E-state index contributed by atoms with van der Waals surface area (Å²) in [7, 11) is 0. The number of nitrogens with two attached hydrogens (primary N) is 2. The largest absolute Gasteiger partial charge is 0.480 e. The summed E-state index contributed by atoms with van der Waals surface area (Å²) in [4.78, 5) is 45.5. The second-order valence-electron chi connectivity index (χ2n) is 5.09. The summed E-state index contributed by atoms with van der Waals surface area (Å²) in [6, 6.07) is -3.28. The summed E-state index contributed by atoms with van der Waals surface area (Å²) in [6.45, 7) is 4.63. The SMILES string of the molecule is CC(C)[C@H](NC(=O)[C@H](CC(N)=O)NC(=O)[C@H](C)N)C(=O)O. The summed E-state index contributed by atoms with van der Waals surface area (Å²) in [5.74, 6) is -3.84. The highest BCUT2D eigenvalue weighted by Crippen LogP contribution is 2.03. The Bertz CT molecular complexity index is 422. The topological polar surface area (TPSA) is 165 Å². The Kier molecular flexibility index (Phi) is 7.36. The molecule has 0 aromatic carbocycles. The van der Waals surface area contributed by atoms with Crippen molar-refractivity contribution in [2.75, 3.05) is 0 Å². The van der Waals surface area contributed by atoms with Crippen molar-refractivity contribution in [3.05, 3.63) is 0 Å². The number of carbonyl (C=O) groups is 4. The molecule has 0 spiro atoms.